The van der Waals surface area contributed by atoms with Crippen molar-refractivity contribution in [3.8, 4) is 0 Å². The molecule has 0 aromatic heterocycles. The molecule has 0 unspecified atom stereocenters. The lowest BCUT2D eigenvalue weighted by atomic mass is 10.2. The van der Waals surface area contributed by atoms with Gasteiger partial charge >= 0.3 is 0 Å². The zero-order chi connectivity index (χ0) is 12.9. The lowest BCUT2D eigenvalue weighted by Crippen LogP contribution is -2.30. The van der Waals surface area contributed by atoms with Gasteiger partial charge in [-0.2, -0.15) is 4.31 Å². The van der Waals surface area contributed by atoms with Crippen LogP contribution < -0.4 is 0 Å². The molecule has 0 saturated carbocycles. The lowest BCUT2D eigenvalue weighted by Gasteiger charge is -2.16. The molecule has 1 N–H and O–H groups in total. The SMILES string of the molecule is COCCN(C)S(=O)(=O)c1cccc(CO)c1. The van der Waals surface area contributed by atoms with E-state index in [-0.39, 0.29) is 11.5 Å². The highest BCUT2D eigenvalue weighted by Gasteiger charge is 2.20. The molecule has 1 aromatic rings. The summed E-state index contributed by atoms with van der Waals surface area (Å²) < 4.78 is 30.3. The molecule has 96 valence electrons. The number of ether oxygens (including phenoxy) is 1. The maximum atomic E-state index is 12.1. The number of aliphatic hydroxyl groups excluding tert-OH is 1. The molecule has 0 fully saturated rings. The molecule has 0 atom stereocenters. The van der Waals surface area contributed by atoms with Crippen LogP contribution in [0, 0.1) is 0 Å². The second-order valence-electron chi connectivity index (χ2n) is 3.62. The highest BCUT2D eigenvalue weighted by molar-refractivity contribution is 7.89. The Kier molecular flexibility index (Phi) is 5.07. The number of likely N-dealkylation sites (N-methyl/N-ethyl adjacent to an activating group) is 1. The molecule has 0 amide bonds. The molecular weight excluding hydrogens is 242 g/mol. The number of sulfonamides is 1. The van der Waals surface area contributed by atoms with Crippen LogP contribution in [-0.4, -0.2) is 45.1 Å². The van der Waals surface area contributed by atoms with E-state index in [1.165, 1.54) is 30.6 Å². The highest BCUT2D eigenvalue weighted by Crippen LogP contribution is 2.15. The number of benzene rings is 1. The molecule has 0 aliphatic heterocycles. The van der Waals surface area contributed by atoms with Crippen LogP contribution in [0.4, 0.5) is 0 Å². The van der Waals surface area contributed by atoms with Crippen molar-refractivity contribution in [2.24, 2.45) is 0 Å². The van der Waals surface area contributed by atoms with Crippen molar-refractivity contribution >= 4 is 10.0 Å². The summed E-state index contributed by atoms with van der Waals surface area (Å²) in [5, 5.41) is 8.98. The fourth-order valence-corrected chi connectivity index (χ4v) is 2.55. The van der Waals surface area contributed by atoms with E-state index < -0.39 is 10.0 Å². The molecule has 0 bridgehead atoms. The van der Waals surface area contributed by atoms with E-state index in [1.54, 1.807) is 12.1 Å². The topological polar surface area (TPSA) is 66.8 Å². The first-order valence-electron chi connectivity index (χ1n) is 5.17. The van der Waals surface area contributed by atoms with Gasteiger partial charge in [0.2, 0.25) is 10.0 Å². The van der Waals surface area contributed by atoms with E-state index in [0.717, 1.165) is 0 Å². The molecule has 0 radical (unpaired) electrons. The summed E-state index contributed by atoms with van der Waals surface area (Å²) in [6.07, 6.45) is 0. The van der Waals surface area contributed by atoms with E-state index in [0.29, 0.717) is 18.7 Å². The van der Waals surface area contributed by atoms with E-state index in [4.69, 9.17) is 9.84 Å². The first-order valence-corrected chi connectivity index (χ1v) is 6.61. The number of aliphatic hydroxyl groups is 1. The van der Waals surface area contributed by atoms with Gasteiger partial charge in [-0.25, -0.2) is 8.42 Å². The third-order valence-corrected chi connectivity index (χ3v) is 4.25. The molecule has 0 aliphatic carbocycles. The molecule has 6 heteroatoms. The van der Waals surface area contributed by atoms with Crippen LogP contribution in [0.3, 0.4) is 0 Å². The van der Waals surface area contributed by atoms with Crippen molar-refractivity contribution in [2.45, 2.75) is 11.5 Å². The smallest absolute Gasteiger partial charge is 0.242 e. The second-order valence-corrected chi connectivity index (χ2v) is 5.67. The first kappa shape index (κ1) is 14.1. The van der Waals surface area contributed by atoms with Crippen molar-refractivity contribution in [2.75, 3.05) is 27.3 Å². The predicted octanol–water partition coefficient (Wildman–Crippen LogP) is 0.446. The fraction of sp³-hybridized carbons (Fsp3) is 0.455. The predicted molar refractivity (Wildman–Crippen MR) is 64.1 cm³/mol. The van der Waals surface area contributed by atoms with E-state index in [2.05, 4.69) is 0 Å². The van der Waals surface area contributed by atoms with Crippen LogP contribution in [-0.2, 0) is 21.4 Å². The molecule has 0 heterocycles. The van der Waals surface area contributed by atoms with Gasteiger partial charge in [-0.05, 0) is 17.7 Å². The average Bonchev–Trinajstić information content (AvgIpc) is 2.35. The van der Waals surface area contributed by atoms with E-state index in [9.17, 15) is 8.42 Å². The van der Waals surface area contributed by atoms with Gasteiger partial charge in [0, 0.05) is 20.7 Å². The van der Waals surface area contributed by atoms with Gasteiger partial charge in [-0.1, -0.05) is 12.1 Å². The van der Waals surface area contributed by atoms with E-state index >= 15 is 0 Å². The lowest BCUT2D eigenvalue weighted by molar-refractivity contribution is 0.185. The van der Waals surface area contributed by atoms with Crippen molar-refractivity contribution in [3.63, 3.8) is 0 Å². The Morgan fingerprint density at radius 1 is 1.41 bits per heavy atom. The monoisotopic (exact) mass is 259 g/mol. The van der Waals surface area contributed by atoms with Gasteiger partial charge in [0.15, 0.2) is 0 Å². The van der Waals surface area contributed by atoms with Crippen molar-refractivity contribution in [1.29, 1.82) is 0 Å². The fourth-order valence-electron chi connectivity index (χ4n) is 1.32. The van der Waals surface area contributed by atoms with E-state index in [1.807, 2.05) is 0 Å². The zero-order valence-corrected chi connectivity index (χ0v) is 10.8. The Morgan fingerprint density at radius 2 is 2.12 bits per heavy atom. The van der Waals surface area contributed by atoms with Crippen LogP contribution in [0.5, 0.6) is 0 Å². The van der Waals surface area contributed by atoms with Gasteiger partial charge in [0.05, 0.1) is 18.1 Å². The third-order valence-electron chi connectivity index (χ3n) is 2.40. The molecule has 5 nitrogen and oxygen atoms in total. The Labute approximate surface area is 102 Å². The highest BCUT2D eigenvalue weighted by atomic mass is 32.2. The zero-order valence-electron chi connectivity index (χ0n) is 9.96. The minimum absolute atomic E-state index is 0.175. The first-order chi connectivity index (χ1) is 8.02. The van der Waals surface area contributed by atoms with Gasteiger partial charge < -0.3 is 9.84 Å². The molecule has 17 heavy (non-hydrogen) atoms. The van der Waals surface area contributed by atoms with Gasteiger partial charge in [0.25, 0.3) is 0 Å². The maximum Gasteiger partial charge on any atom is 0.242 e. The summed E-state index contributed by atoms with van der Waals surface area (Å²) in [5.41, 5.74) is 0.575. The summed E-state index contributed by atoms with van der Waals surface area (Å²) in [4.78, 5) is 0.183. The minimum atomic E-state index is -3.50. The molecular formula is C11H17NO4S. The Morgan fingerprint density at radius 3 is 2.71 bits per heavy atom. The summed E-state index contributed by atoms with van der Waals surface area (Å²) in [5.74, 6) is 0. The van der Waals surface area contributed by atoms with Crippen LogP contribution in [0.15, 0.2) is 29.2 Å². The summed E-state index contributed by atoms with van der Waals surface area (Å²) in [6, 6.07) is 6.27. The van der Waals surface area contributed by atoms with Crippen molar-refractivity contribution < 1.29 is 18.3 Å². The van der Waals surface area contributed by atoms with Gasteiger partial charge in [0.1, 0.15) is 0 Å². The second kappa shape index (κ2) is 6.11. The normalized spacial score (nSPS) is 12.0. The van der Waals surface area contributed by atoms with Gasteiger partial charge in [-0.15, -0.1) is 0 Å². The van der Waals surface area contributed by atoms with Crippen molar-refractivity contribution in [1.82, 2.24) is 4.31 Å². The molecule has 0 aliphatic rings. The Hall–Kier alpha value is -0.950. The van der Waals surface area contributed by atoms with Crippen LogP contribution in [0.1, 0.15) is 5.56 Å². The van der Waals surface area contributed by atoms with Crippen LogP contribution >= 0.6 is 0 Å². The Bertz CT molecular complexity index is 458. The van der Waals surface area contributed by atoms with Crippen LogP contribution in [0.25, 0.3) is 0 Å². The minimum Gasteiger partial charge on any atom is -0.392 e. The number of rotatable bonds is 6. The number of hydrogen-bond acceptors (Lipinski definition) is 4. The number of hydrogen-bond donors (Lipinski definition) is 1. The summed E-state index contributed by atoms with van der Waals surface area (Å²) in [6.45, 7) is 0.461. The average molecular weight is 259 g/mol. The summed E-state index contributed by atoms with van der Waals surface area (Å²) >= 11 is 0. The summed E-state index contributed by atoms with van der Waals surface area (Å²) in [7, 11) is -0.481. The molecule has 0 saturated heterocycles. The number of methoxy groups -OCH3 is 1. The molecule has 1 rings (SSSR count). The number of nitrogens with zero attached hydrogens (tertiary/aromatic N) is 1. The van der Waals surface area contributed by atoms with Crippen molar-refractivity contribution in [3.05, 3.63) is 29.8 Å². The quantitative estimate of drug-likeness (QED) is 0.805. The molecule has 1 aromatic carbocycles. The third kappa shape index (κ3) is 3.50. The van der Waals surface area contributed by atoms with Crippen LogP contribution in [0.2, 0.25) is 0 Å². The van der Waals surface area contributed by atoms with Gasteiger partial charge in [-0.3, -0.25) is 0 Å². The maximum absolute atomic E-state index is 12.1. The standard InChI is InChI=1S/C11H17NO4S/c1-12(6-7-16-2)17(14,15)11-5-3-4-10(8-11)9-13/h3-5,8,13H,6-7,9H2,1-2H3. The Balaban J connectivity index is 2.95. The molecule has 0 spiro atoms. The largest absolute Gasteiger partial charge is 0.392 e.